The first-order chi connectivity index (χ1) is 14.0. The number of nitrogens with one attached hydrogen (secondary N) is 1. The molecular formula is C21H25Cl2N3O4. The fraction of sp³-hybridized carbons (Fsp3) is 0.524. The number of aliphatic carboxylic acids is 1. The highest BCUT2D eigenvalue weighted by molar-refractivity contribution is 6.39. The topological polar surface area (TPSA) is 110 Å². The van der Waals surface area contributed by atoms with E-state index in [1.54, 1.807) is 6.07 Å². The van der Waals surface area contributed by atoms with Crippen molar-refractivity contribution in [3.8, 4) is 6.07 Å². The Morgan fingerprint density at radius 3 is 2.37 bits per heavy atom. The van der Waals surface area contributed by atoms with Gasteiger partial charge < -0.3 is 15.3 Å². The Balaban J connectivity index is 2.55. The van der Waals surface area contributed by atoms with Crippen LogP contribution in [-0.2, 0) is 9.59 Å². The molecule has 1 aliphatic rings. The van der Waals surface area contributed by atoms with Crippen molar-refractivity contribution in [3.05, 3.63) is 33.8 Å². The molecule has 0 aromatic heterocycles. The maximum Gasteiger partial charge on any atom is 0.326 e. The van der Waals surface area contributed by atoms with E-state index in [-0.39, 0.29) is 34.4 Å². The number of benzene rings is 1. The second-order valence-electron chi connectivity index (χ2n) is 8.59. The molecule has 0 saturated carbocycles. The molecule has 1 aromatic carbocycles. The lowest BCUT2D eigenvalue weighted by Crippen LogP contribution is -2.52. The number of carboxylic acid groups (broad SMARTS) is 1. The van der Waals surface area contributed by atoms with Crippen molar-refractivity contribution in [3.63, 3.8) is 0 Å². The van der Waals surface area contributed by atoms with Gasteiger partial charge in [-0.3, -0.25) is 9.59 Å². The average Bonchev–Trinajstić information content (AvgIpc) is 3.03. The summed E-state index contributed by atoms with van der Waals surface area (Å²) in [6.45, 7) is 6.02. The largest absolute Gasteiger partial charge is 0.480 e. The van der Waals surface area contributed by atoms with Gasteiger partial charge in [-0.2, -0.15) is 5.26 Å². The van der Waals surface area contributed by atoms with Gasteiger partial charge in [0.25, 0.3) is 5.91 Å². The Bertz CT molecular complexity index is 856. The summed E-state index contributed by atoms with van der Waals surface area (Å²) in [7, 11) is 0. The molecule has 0 bridgehead atoms. The third-order valence-corrected chi connectivity index (χ3v) is 5.62. The standard InChI is InChI=1S/C21H25Cl2N3O4/c1-21(2,3)10-16(20(29)30)26(13(11-24)9-12-7-8-25-18(12)27)19(28)17-14(22)5-4-6-15(17)23/h4-6,12-13,16H,7-10H2,1-3H3,(H,25,27)(H,29,30)/t12-,13-,16-/m0/s1. The van der Waals surface area contributed by atoms with Gasteiger partial charge >= 0.3 is 5.97 Å². The van der Waals surface area contributed by atoms with E-state index in [2.05, 4.69) is 5.32 Å². The highest BCUT2D eigenvalue weighted by Gasteiger charge is 2.41. The van der Waals surface area contributed by atoms with Crippen LogP contribution in [0.5, 0.6) is 0 Å². The molecule has 0 radical (unpaired) electrons. The van der Waals surface area contributed by atoms with Gasteiger partial charge in [0.05, 0.1) is 21.7 Å². The first-order valence-corrected chi connectivity index (χ1v) is 10.4. The van der Waals surface area contributed by atoms with Gasteiger partial charge in [-0.1, -0.05) is 50.0 Å². The lowest BCUT2D eigenvalue weighted by atomic mass is 9.86. The monoisotopic (exact) mass is 453 g/mol. The Morgan fingerprint density at radius 2 is 1.93 bits per heavy atom. The molecule has 162 valence electrons. The summed E-state index contributed by atoms with van der Waals surface area (Å²) < 4.78 is 0. The van der Waals surface area contributed by atoms with Crippen LogP contribution in [0.3, 0.4) is 0 Å². The molecule has 3 atom stereocenters. The third kappa shape index (κ3) is 5.65. The lowest BCUT2D eigenvalue weighted by Gasteiger charge is -2.36. The number of hydrogen-bond donors (Lipinski definition) is 2. The van der Waals surface area contributed by atoms with Crippen molar-refractivity contribution in [1.82, 2.24) is 10.2 Å². The minimum Gasteiger partial charge on any atom is -0.480 e. The molecule has 0 aliphatic carbocycles. The second-order valence-corrected chi connectivity index (χ2v) is 9.40. The normalized spacial score (nSPS) is 18.3. The van der Waals surface area contributed by atoms with E-state index in [0.29, 0.717) is 13.0 Å². The van der Waals surface area contributed by atoms with Crippen molar-refractivity contribution in [2.45, 2.75) is 52.1 Å². The molecule has 1 aliphatic heterocycles. The summed E-state index contributed by atoms with van der Waals surface area (Å²) in [5.74, 6) is -2.67. The maximum atomic E-state index is 13.5. The average molecular weight is 454 g/mol. The van der Waals surface area contributed by atoms with E-state index in [1.165, 1.54) is 12.1 Å². The molecule has 7 nitrogen and oxygen atoms in total. The minimum absolute atomic E-state index is 0.0318. The van der Waals surface area contributed by atoms with Crippen LogP contribution in [0, 0.1) is 22.7 Å². The molecule has 2 N–H and O–H groups in total. The molecule has 0 spiro atoms. The van der Waals surface area contributed by atoms with Crippen LogP contribution in [0.1, 0.15) is 50.4 Å². The van der Waals surface area contributed by atoms with Gasteiger partial charge in [0.1, 0.15) is 12.1 Å². The lowest BCUT2D eigenvalue weighted by molar-refractivity contribution is -0.144. The van der Waals surface area contributed by atoms with Crippen molar-refractivity contribution in [1.29, 1.82) is 5.26 Å². The highest BCUT2D eigenvalue weighted by Crippen LogP contribution is 2.32. The van der Waals surface area contributed by atoms with Crippen LogP contribution in [0.4, 0.5) is 0 Å². The zero-order valence-electron chi connectivity index (χ0n) is 17.1. The molecule has 9 heteroatoms. The smallest absolute Gasteiger partial charge is 0.326 e. The number of nitrogens with zero attached hydrogens (tertiary/aromatic N) is 2. The zero-order chi connectivity index (χ0) is 22.6. The van der Waals surface area contributed by atoms with E-state index in [4.69, 9.17) is 23.2 Å². The zero-order valence-corrected chi connectivity index (χ0v) is 18.6. The molecule has 1 aromatic rings. The highest BCUT2D eigenvalue weighted by atomic mass is 35.5. The number of carbonyl (C=O) groups is 3. The fourth-order valence-corrected chi connectivity index (χ4v) is 4.14. The first kappa shape index (κ1) is 24.0. The molecule has 30 heavy (non-hydrogen) atoms. The predicted molar refractivity (Wildman–Crippen MR) is 113 cm³/mol. The van der Waals surface area contributed by atoms with Crippen LogP contribution in [0.2, 0.25) is 10.0 Å². The van der Waals surface area contributed by atoms with Gasteiger partial charge in [-0.15, -0.1) is 0 Å². The van der Waals surface area contributed by atoms with E-state index in [1.807, 2.05) is 26.8 Å². The molecule has 1 heterocycles. The Kier molecular flexibility index (Phi) is 7.73. The van der Waals surface area contributed by atoms with E-state index in [9.17, 15) is 24.8 Å². The third-order valence-electron chi connectivity index (χ3n) is 4.99. The molecule has 1 saturated heterocycles. The molecule has 0 unspecified atom stereocenters. The van der Waals surface area contributed by atoms with Crippen LogP contribution in [0.15, 0.2) is 18.2 Å². The van der Waals surface area contributed by atoms with Crippen LogP contribution in [-0.4, -0.2) is 46.4 Å². The molecule has 2 rings (SSSR count). The second kappa shape index (κ2) is 9.67. The Hall–Kier alpha value is -2.30. The number of nitriles is 1. The quantitative estimate of drug-likeness (QED) is 0.652. The van der Waals surface area contributed by atoms with Crippen LogP contribution in [0.25, 0.3) is 0 Å². The maximum absolute atomic E-state index is 13.5. The van der Waals surface area contributed by atoms with Crippen molar-refractivity contribution < 1.29 is 19.5 Å². The van der Waals surface area contributed by atoms with Gasteiger partial charge in [-0.25, -0.2) is 4.79 Å². The molecule has 2 amide bonds. The van der Waals surface area contributed by atoms with Gasteiger partial charge in [-0.05, 0) is 36.8 Å². The Morgan fingerprint density at radius 1 is 1.33 bits per heavy atom. The van der Waals surface area contributed by atoms with Crippen molar-refractivity contribution in [2.24, 2.45) is 11.3 Å². The number of hydrogen-bond acceptors (Lipinski definition) is 4. The number of amides is 2. The first-order valence-electron chi connectivity index (χ1n) is 9.63. The SMILES string of the molecule is CC(C)(C)C[C@@H](C(=O)O)N(C(=O)c1c(Cl)cccc1Cl)[C@H](C#N)C[C@@H]1CCNC1=O. The van der Waals surface area contributed by atoms with E-state index >= 15 is 0 Å². The predicted octanol–water partition coefficient (Wildman–Crippen LogP) is 3.74. The van der Waals surface area contributed by atoms with Crippen molar-refractivity contribution in [2.75, 3.05) is 6.54 Å². The Labute approximate surface area is 185 Å². The molecule has 1 fully saturated rings. The summed E-state index contributed by atoms with van der Waals surface area (Å²) in [4.78, 5) is 38.8. The summed E-state index contributed by atoms with van der Waals surface area (Å²) in [6.07, 6.45) is 0.651. The van der Waals surface area contributed by atoms with E-state index in [0.717, 1.165) is 4.90 Å². The summed E-state index contributed by atoms with van der Waals surface area (Å²) >= 11 is 12.4. The summed E-state index contributed by atoms with van der Waals surface area (Å²) in [5, 5.41) is 22.6. The van der Waals surface area contributed by atoms with Crippen LogP contribution >= 0.6 is 23.2 Å². The molecular weight excluding hydrogens is 429 g/mol. The van der Waals surface area contributed by atoms with E-state index < -0.39 is 35.3 Å². The summed E-state index contributed by atoms with van der Waals surface area (Å²) in [5.41, 5.74) is -0.506. The van der Waals surface area contributed by atoms with Crippen LogP contribution < -0.4 is 5.32 Å². The van der Waals surface area contributed by atoms with Gasteiger partial charge in [0.2, 0.25) is 5.91 Å². The van der Waals surface area contributed by atoms with Gasteiger partial charge in [0, 0.05) is 12.5 Å². The number of rotatable bonds is 7. The summed E-state index contributed by atoms with van der Waals surface area (Å²) in [6, 6.07) is 4.13. The van der Waals surface area contributed by atoms with Gasteiger partial charge in [0.15, 0.2) is 0 Å². The van der Waals surface area contributed by atoms with Crippen molar-refractivity contribution >= 4 is 41.0 Å². The number of carboxylic acids is 1. The minimum atomic E-state index is -1.29. The number of halogens is 2. The fourth-order valence-electron chi connectivity index (χ4n) is 3.58. The number of carbonyl (C=O) groups excluding carboxylic acids is 2.